The van der Waals surface area contributed by atoms with Crippen molar-refractivity contribution in [1.82, 2.24) is 14.5 Å². The summed E-state index contributed by atoms with van der Waals surface area (Å²) >= 11 is 1.40. The molecule has 0 radical (unpaired) electrons. The van der Waals surface area contributed by atoms with Crippen molar-refractivity contribution in [2.75, 3.05) is 0 Å². The molecule has 0 spiro atoms. The fourth-order valence-electron chi connectivity index (χ4n) is 2.94. The van der Waals surface area contributed by atoms with Crippen molar-refractivity contribution in [1.29, 1.82) is 0 Å². The van der Waals surface area contributed by atoms with Gasteiger partial charge in [-0.15, -0.1) is 11.3 Å². The van der Waals surface area contributed by atoms with E-state index in [0.29, 0.717) is 17.0 Å². The molecular weight excluding hydrogens is 289 g/mol. The van der Waals surface area contributed by atoms with E-state index >= 15 is 0 Å². The van der Waals surface area contributed by atoms with E-state index in [9.17, 15) is 9.50 Å². The minimum absolute atomic E-state index is 0.243. The third-order valence-electron chi connectivity index (χ3n) is 3.85. The van der Waals surface area contributed by atoms with E-state index in [4.69, 9.17) is 0 Å². The standard InChI is InChI=1S/C15H12FN3OS/c16-10-3-1-2-9-12-7-17-8-19(12)11(14(9)10)6-13(20)15-18-4-5-21-15/h1-5,7-8,11,13,20H,6H2. The quantitative estimate of drug-likeness (QED) is 0.808. The smallest absolute Gasteiger partial charge is 0.129 e. The monoisotopic (exact) mass is 301 g/mol. The molecule has 0 amide bonds. The first kappa shape index (κ1) is 12.7. The second kappa shape index (κ2) is 4.75. The molecule has 106 valence electrons. The Morgan fingerprint density at radius 1 is 1.43 bits per heavy atom. The molecule has 2 aromatic heterocycles. The van der Waals surface area contributed by atoms with Crippen LogP contribution in [0.1, 0.15) is 29.1 Å². The zero-order valence-electron chi connectivity index (χ0n) is 11.0. The molecule has 0 fully saturated rings. The Kier molecular flexibility index (Phi) is 2.87. The molecule has 3 aromatic rings. The highest BCUT2D eigenvalue weighted by atomic mass is 32.1. The third-order valence-corrected chi connectivity index (χ3v) is 4.72. The molecule has 3 heterocycles. The number of fused-ring (bicyclic) bond motifs is 3. The molecule has 4 nitrogen and oxygen atoms in total. The molecule has 4 rings (SSSR count). The zero-order valence-corrected chi connectivity index (χ0v) is 11.8. The molecule has 0 saturated heterocycles. The number of rotatable bonds is 3. The fourth-order valence-corrected chi connectivity index (χ4v) is 3.58. The average molecular weight is 301 g/mol. The number of halogens is 1. The lowest BCUT2D eigenvalue weighted by Gasteiger charge is -2.18. The van der Waals surface area contributed by atoms with Crippen molar-refractivity contribution >= 4 is 11.3 Å². The number of nitrogens with zero attached hydrogens (tertiary/aromatic N) is 3. The van der Waals surface area contributed by atoms with Crippen LogP contribution in [0.3, 0.4) is 0 Å². The van der Waals surface area contributed by atoms with Gasteiger partial charge in [0, 0.05) is 29.1 Å². The molecule has 0 saturated carbocycles. The van der Waals surface area contributed by atoms with Crippen LogP contribution < -0.4 is 0 Å². The van der Waals surface area contributed by atoms with Crippen molar-refractivity contribution in [3.8, 4) is 11.3 Å². The Morgan fingerprint density at radius 3 is 3.14 bits per heavy atom. The lowest BCUT2D eigenvalue weighted by atomic mass is 9.98. The number of aromatic nitrogens is 3. The largest absolute Gasteiger partial charge is 0.386 e. The normalized spacial score (nSPS) is 17.5. The van der Waals surface area contributed by atoms with E-state index in [2.05, 4.69) is 9.97 Å². The van der Waals surface area contributed by atoms with Gasteiger partial charge < -0.3 is 9.67 Å². The first-order chi connectivity index (χ1) is 10.3. The third kappa shape index (κ3) is 1.91. The van der Waals surface area contributed by atoms with Crippen LogP contribution in [0.25, 0.3) is 11.3 Å². The minimum atomic E-state index is -0.712. The number of aliphatic hydroxyl groups is 1. The van der Waals surface area contributed by atoms with Gasteiger partial charge in [0.05, 0.1) is 24.3 Å². The van der Waals surface area contributed by atoms with Gasteiger partial charge in [-0.2, -0.15) is 0 Å². The van der Waals surface area contributed by atoms with Gasteiger partial charge in [-0.25, -0.2) is 14.4 Å². The van der Waals surface area contributed by atoms with Gasteiger partial charge in [-0.3, -0.25) is 0 Å². The maximum Gasteiger partial charge on any atom is 0.129 e. The van der Waals surface area contributed by atoms with Crippen LogP contribution in [-0.2, 0) is 0 Å². The average Bonchev–Trinajstić information content (AvgIpc) is 3.18. The summed E-state index contributed by atoms with van der Waals surface area (Å²) in [5, 5.41) is 12.8. The zero-order chi connectivity index (χ0) is 14.4. The van der Waals surface area contributed by atoms with E-state index in [1.54, 1.807) is 24.8 Å². The maximum atomic E-state index is 14.2. The first-order valence-electron chi connectivity index (χ1n) is 6.64. The molecular formula is C15H12FN3OS. The van der Waals surface area contributed by atoms with Gasteiger partial charge in [0.2, 0.25) is 0 Å². The summed E-state index contributed by atoms with van der Waals surface area (Å²) in [7, 11) is 0. The van der Waals surface area contributed by atoms with E-state index in [1.807, 2.05) is 16.0 Å². The highest BCUT2D eigenvalue weighted by Gasteiger charge is 2.33. The van der Waals surface area contributed by atoms with E-state index in [-0.39, 0.29) is 11.9 Å². The number of aliphatic hydroxyl groups excluding tert-OH is 1. The van der Waals surface area contributed by atoms with Crippen LogP contribution >= 0.6 is 11.3 Å². The Hall–Kier alpha value is -2.05. The van der Waals surface area contributed by atoms with Crippen molar-refractivity contribution < 1.29 is 9.50 Å². The highest BCUT2D eigenvalue weighted by Crippen LogP contribution is 2.44. The predicted molar refractivity (Wildman–Crippen MR) is 77.5 cm³/mol. The summed E-state index contributed by atoms with van der Waals surface area (Å²) in [4.78, 5) is 8.27. The lowest BCUT2D eigenvalue weighted by Crippen LogP contribution is -2.11. The molecule has 1 aliphatic rings. The number of thiazole rings is 1. The van der Waals surface area contributed by atoms with Crippen LogP contribution in [0, 0.1) is 5.82 Å². The fraction of sp³-hybridized carbons (Fsp3) is 0.200. The minimum Gasteiger partial charge on any atom is -0.386 e. The Bertz CT molecular complexity index is 784. The summed E-state index contributed by atoms with van der Waals surface area (Å²) in [6.45, 7) is 0. The van der Waals surface area contributed by atoms with E-state index < -0.39 is 6.10 Å². The number of hydrogen-bond acceptors (Lipinski definition) is 4. The van der Waals surface area contributed by atoms with Crippen LogP contribution in [0.15, 0.2) is 42.3 Å². The molecule has 0 bridgehead atoms. The summed E-state index contributed by atoms with van der Waals surface area (Å²) < 4.78 is 16.2. The predicted octanol–water partition coefficient (Wildman–Crippen LogP) is 3.17. The second-order valence-electron chi connectivity index (χ2n) is 5.02. The topological polar surface area (TPSA) is 50.9 Å². The van der Waals surface area contributed by atoms with Gasteiger partial charge in [0.25, 0.3) is 0 Å². The molecule has 21 heavy (non-hydrogen) atoms. The summed E-state index contributed by atoms with van der Waals surface area (Å²) in [6.07, 6.45) is 4.75. The van der Waals surface area contributed by atoms with Crippen molar-refractivity contribution in [2.45, 2.75) is 18.6 Å². The Labute approximate surface area is 124 Å². The van der Waals surface area contributed by atoms with E-state index in [1.165, 1.54) is 17.4 Å². The number of benzene rings is 1. The van der Waals surface area contributed by atoms with Crippen molar-refractivity contribution in [3.63, 3.8) is 0 Å². The molecule has 6 heteroatoms. The van der Waals surface area contributed by atoms with Gasteiger partial charge in [0.15, 0.2) is 0 Å². The van der Waals surface area contributed by atoms with Crippen LogP contribution in [0.5, 0.6) is 0 Å². The number of imidazole rings is 1. The van der Waals surface area contributed by atoms with Gasteiger partial charge in [-0.1, -0.05) is 12.1 Å². The van der Waals surface area contributed by atoms with E-state index in [0.717, 1.165) is 11.3 Å². The van der Waals surface area contributed by atoms with Gasteiger partial charge in [0.1, 0.15) is 16.9 Å². The van der Waals surface area contributed by atoms with Crippen molar-refractivity contribution in [3.05, 3.63) is 58.7 Å². The second-order valence-corrected chi connectivity index (χ2v) is 5.95. The maximum absolute atomic E-state index is 14.2. The first-order valence-corrected chi connectivity index (χ1v) is 7.51. The van der Waals surface area contributed by atoms with Crippen LogP contribution in [0.2, 0.25) is 0 Å². The molecule has 1 N–H and O–H groups in total. The number of hydrogen-bond donors (Lipinski definition) is 1. The van der Waals surface area contributed by atoms with Gasteiger partial charge >= 0.3 is 0 Å². The summed E-state index contributed by atoms with van der Waals surface area (Å²) in [5.74, 6) is -0.243. The Morgan fingerprint density at radius 2 is 2.33 bits per heavy atom. The summed E-state index contributed by atoms with van der Waals surface area (Å²) in [5.41, 5.74) is 2.37. The SMILES string of the molecule is OC(CC1c2c(F)cccc2-c2cncn21)c1nccs1. The molecule has 2 unspecified atom stereocenters. The molecule has 1 aromatic carbocycles. The Balaban J connectivity index is 1.76. The van der Waals surface area contributed by atoms with Crippen molar-refractivity contribution in [2.24, 2.45) is 0 Å². The van der Waals surface area contributed by atoms with Gasteiger partial charge in [-0.05, 0) is 6.07 Å². The highest BCUT2D eigenvalue weighted by molar-refractivity contribution is 7.09. The van der Waals surface area contributed by atoms with Crippen LogP contribution in [0.4, 0.5) is 4.39 Å². The molecule has 2 atom stereocenters. The summed E-state index contributed by atoms with van der Waals surface area (Å²) in [6, 6.07) is 4.80. The molecule has 0 aliphatic carbocycles. The molecule has 1 aliphatic heterocycles. The van der Waals surface area contributed by atoms with Crippen LogP contribution in [-0.4, -0.2) is 19.6 Å². The lowest BCUT2D eigenvalue weighted by molar-refractivity contribution is 0.153.